The van der Waals surface area contributed by atoms with Crippen molar-refractivity contribution < 1.29 is 9.53 Å². The van der Waals surface area contributed by atoms with Crippen molar-refractivity contribution in [1.82, 2.24) is 4.90 Å². The highest BCUT2D eigenvalue weighted by atomic mass is 16.5. The molecule has 0 radical (unpaired) electrons. The van der Waals surface area contributed by atoms with Crippen LogP contribution in [0.3, 0.4) is 0 Å². The smallest absolute Gasteiger partial charge is 0.156 e. The minimum absolute atomic E-state index is 0.0676. The molecule has 1 saturated heterocycles. The summed E-state index contributed by atoms with van der Waals surface area (Å²) >= 11 is 0. The van der Waals surface area contributed by atoms with Gasteiger partial charge in [0.25, 0.3) is 0 Å². The average molecular weight is 267 g/mol. The molecule has 1 aliphatic heterocycles. The van der Waals surface area contributed by atoms with Crippen LogP contribution in [0.5, 0.6) is 0 Å². The van der Waals surface area contributed by atoms with Crippen LogP contribution in [-0.4, -0.2) is 42.5 Å². The van der Waals surface area contributed by atoms with E-state index in [9.17, 15) is 4.79 Å². The van der Waals surface area contributed by atoms with Gasteiger partial charge in [0.2, 0.25) is 0 Å². The summed E-state index contributed by atoms with van der Waals surface area (Å²) in [6, 6.07) is 0. The SMILES string of the molecule is CCC(CC)(C(=O)C1CCOC2(CCC2)C1)N(C)C. The summed E-state index contributed by atoms with van der Waals surface area (Å²) in [5.74, 6) is 0.661. The van der Waals surface area contributed by atoms with E-state index in [0.29, 0.717) is 5.78 Å². The monoisotopic (exact) mass is 267 g/mol. The number of likely N-dealkylation sites (N-methyl/N-ethyl adjacent to an activating group) is 1. The zero-order chi connectivity index (χ0) is 14.1. The lowest BCUT2D eigenvalue weighted by molar-refractivity contribution is -0.162. The first-order chi connectivity index (χ1) is 8.99. The molecule has 2 fully saturated rings. The largest absolute Gasteiger partial charge is 0.375 e. The van der Waals surface area contributed by atoms with Crippen LogP contribution in [0.4, 0.5) is 0 Å². The molecule has 0 N–H and O–H groups in total. The lowest BCUT2D eigenvalue weighted by Gasteiger charge is -2.49. The molecule has 1 unspecified atom stereocenters. The second kappa shape index (κ2) is 5.53. The number of hydrogen-bond acceptors (Lipinski definition) is 3. The summed E-state index contributed by atoms with van der Waals surface area (Å²) < 4.78 is 5.96. The predicted octanol–water partition coefficient (Wildman–Crippen LogP) is 3.03. The van der Waals surface area contributed by atoms with Gasteiger partial charge in [-0.1, -0.05) is 13.8 Å². The van der Waals surface area contributed by atoms with Crippen molar-refractivity contribution in [2.75, 3.05) is 20.7 Å². The van der Waals surface area contributed by atoms with Gasteiger partial charge >= 0.3 is 0 Å². The summed E-state index contributed by atoms with van der Waals surface area (Å²) in [6.45, 7) is 5.05. The third-order valence-corrected chi connectivity index (χ3v) is 5.61. The Labute approximate surface area is 117 Å². The lowest BCUT2D eigenvalue weighted by atomic mass is 9.68. The first-order valence-corrected chi connectivity index (χ1v) is 7.85. The van der Waals surface area contributed by atoms with E-state index in [1.54, 1.807) is 0 Å². The Bertz CT molecular complexity index is 330. The van der Waals surface area contributed by atoms with Crippen LogP contribution in [0.15, 0.2) is 0 Å². The van der Waals surface area contributed by atoms with Gasteiger partial charge < -0.3 is 4.74 Å². The van der Waals surface area contributed by atoms with E-state index in [1.807, 2.05) is 14.1 Å². The molecule has 2 aliphatic rings. The molecule has 1 atom stereocenters. The van der Waals surface area contributed by atoms with Crippen molar-refractivity contribution >= 4 is 5.78 Å². The van der Waals surface area contributed by atoms with E-state index in [2.05, 4.69) is 18.7 Å². The minimum Gasteiger partial charge on any atom is -0.375 e. The number of nitrogens with zero attached hydrogens (tertiary/aromatic N) is 1. The predicted molar refractivity (Wildman–Crippen MR) is 77.3 cm³/mol. The van der Waals surface area contributed by atoms with E-state index >= 15 is 0 Å². The molecule has 1 saturated carbocycles. The van der Waals surface area contributed by atoms with Gasteiger partial charge in [0.1, 0.15) is 0 Å². The van der Waals surface area contributed by atoms with Crippen LogP contribution in [0.2, 0.25) is 0 Å². The van der Waals surface area contributed by atoms with Gasteiger partial charge in [-0.3, -0.25) is 9.69 Å². The molecule has 1 aliphatic carbocycles. The fraction of sp³-hybridized carbons (Fsp3) is 0.938. The van der Waals surface area contributed by atoms with Crippen LogP contribution >= 0.6 is 0 Å². The molecule has 0 aromatic heterocycles. The minimum atomic E-state index is -0.271. The molecule has 19 heavy (non-hydrogen) atoms. The van der Waals surface area contributed by atoms with Crippen LogP contribution in [0.25, 0.3) is 0 Å². The Morgan fingerprint density at radius 1 is 1.32 bits per heavy atom. The van der Waals surface area contributed by atoms with Crippen molar-refractivity contribution in [3.05, 3.63) is 0 Å². The third kappa shape index (κ3) is 2.47. The third-order valence-electron chi connectivity index (χ3n) is 5.61. The number of carbonyl (C=O) groups excluding carboxylic acids is 1. The van der Waals surface area contributed by atoms with Gasteiger partial charge in [0.05, 0.1) is 11.1 Å². The number of ether oxygens (including phenoxy) is 1. The first kappa shape index (κ1) is 15.0. The van der Waals surface area contributed by atoms with Crippen LogP contribution in [0, 0.1) is 5.92 Å². The highest BCUT2D eigenvalue weighted by molar-refractivity contribution is 5.90. The fourth-order valence-electron chi connectivity index (χ4n) is 4.00. The van der Waals surface area contributed by atoms with Gasteiger partial charge in [-0.2, -0.15) is 0 Å². The van der Waals surface area contributed by atoms with Crippen LogP contribution < -0.4 is 0 Å². The second-order valence-electron chi connectivity index (χ2n) is 6.57. The topological polar surface area (TPSA) is 29.5 Å². The molecule has 0 aromatic rings. The molecular formula is C16H29NO2. The summed E-state index contributed by atoms with van der Waals surface area (Å²) in [4.78, 5) is 15.2. The molecule has 0 aromatic carbocycles. The number of ketones is 1. The molecule has 1 heterocycles. The van der Waals surface area contributed by atoms with Crippen LogP contribution in [-0.2, 0) is 9.53 Å². The number of rotatable bonds is 5. The van der Waals surface area contributed by atoms with E-state index in [-0.39, 0.29) is 17.1 Å². The van der Waals surface area contributed by atoms with E-state index in [4.69, 9.17) is 4.74 Å². The molecule has 2 rings (SSSR count). The summed E-state index contributed by atoms with van der Waals surface area (Å²) in [6.07, 6.45) is 7.26. The Kier molecular flexibility index (Phi) is 4.36. The van der Waals surface area contributed by atoms with Gasteiger partial charge in [-0.05, 0) is 59.0 Å². The fourth-order valence-corrected chi connectivity index (χ4v) is 4.00. The Morgan fingerprint density at radius 3 is 2.37 bits per heavy atom. The molecular weight excluding hydrogens is 238 g/mol. The lowest BCUT2D eigenvalue weighted by Crippen LogP contribution is -2.56. The van der Waals surface area contributed by atoms with Gasteiger partial charge in [0.15, 0.2) is 5.78 Å². The molecule has 3 heteroatoms. The van der Waals surface area contributed by atoms with Gasteiger partial charge in [-0.25, -0.2) is 0 Å². The zero-order valence-corrected chi connectivity index (χ0v) is 13.0. The Hall–Kier alpha value is -0.410. The van der Waals surface area contributed by atoms with Gasteiger partial charge in [-0.15, -0.1) is 0 Å². The van der Waals surface area contributed by atoms with Crippen molar-refractivity contribution in [2.45, 2.75) is 69.9 Å². The Morgan fingerprint density at radius 2 is 1.95 bits per heavy atom. The van der Waals surface area contributed by atoms with Crippen molar-refractivity contribution in [2.24, 2.45) is 5.92 Å². The van der Waals surface area contributed by atoms with Crippen molar-refractivity contribution in [3.63, 3.8) is 0 Å². The molecule has 0 bridgehead atoms. The van der Waals surface area contributed by atoms with E-state index in [1.165, 1.54) is 6.42 Å². The average Bonchev–Trinajstić information content (AvgIpc) is 2.38. The van der Waals surface area contributed by atoms with E-state index < -0.39 is 0 Å². The quantitative estimate of drug-likeness (QED) is 0.767. The second-order valence-corrected chi connectivity index (χ2v) is 6.57. The number of Topliss-reactive ketones (excluding diaryl/α,β-unsaturated/α-hetero) is 1. The van der Waals surface area contributed by atoms with Crippen LogP contribution in [0.1, 0.15) is 58.8 Å². The molecule has 3 nitrogen and oxygen atoms in total. The summed E-state index contributed by atoms with van der Waals surface area (Å²) in [7, 11) is 4.09. The summed E-state index contributed by atoms with van der Waals surface area (Å²) in [5.41, 5.74) is -0.203. The maximum atomic E-state index is 13.1. The maximum absolute atomic E-state index is 13.1. The molecule has 1 spiro atoms. The molecule has 0 amide bonds. The zero-order valence-electron chi connectivity index (χ0n) is 13.0. The normalized spacial score (nSPS) is 26.5. The maximum Gasteiger partial charge on any atom is 0.156 e. The van der Waals surface area contributed by atoms with Crippen molar-refractivity contribution in [1.29, 1.82) is 0 Å². The van der Waals surface area contributed by atoms with Gasteiger partial charge in [0, 0.05) is 12.5 Å². The Balaban J connectivity index is 2.13. The van der Waals surface area contributed by atoms with E-state index in [0.717, 1.165) is 45.1 Å². The number of carbonyl (C=O) groups is 1. The standard InChI is InChI=1S/C16H29NO2/c1-5-16(6-2,17(3)4)14(18)13-8-11-19-15(12-13)9-7-10-15/h13H,5-12H2,1-4H3. The highest BCUT2D eigenvalue weighted by Crippen LogP contribution is 2.45. The summed E-state index contributed by atoms with van der Waals surface area (Å²) in [5, 5.41) is 0. The number of hydrogen-bond donors (Lipinski definition) is 0. The molecule has 110 valence electrons. The highest BCUT2D eigenvalue weighted by Gasteiger charge is 2.48. The first-order valence-electron chi connectivity index (χ1n) is 7.85. The van der Waals surface area contributed by atoms with Crippen molar-refractivity contribution in [3.8, 4) is 0 Å².